The molecule has 0 aliphatic carbocycles. The Hall–Kier alpha value is -1.90. The van der Waals surface area contributed by atoms with E-state index in [-0.39, 0.29) is 12.2 Å². The van der Waals surface area contributed by atoms with Gasteiger partial charge in [-0.05, 0) is 35.9 Å². The van der Waals surface area contributed by atoms with Gasteiger partial charge in [-0.15, -0.1) is 0 Å². The molecule has 3 heteroatoms. The number of alkyl halides is 1. The maximum absolute atomic E-state index is 13.7. The highest BCUT2D eigenvalue weighted by Gasteiger charge is 2.07. The Morgan fingerprint density at radius 2 is 1.94 bits per heavy atom. The molecule has 0 amide bonds. The first-order valence-corrected chi connectivity index (χ1v) is 5.35. The molecular formula is C14H12F2N. The van der Waals surface area contributed by atoms with Gasteiger partial charge in [0.25, 0.3) is 0 Å². The minimum atomic E-state index is -1.24. The molecule has 2 aromatic carbocycles. The Morgan fingerprint density at radius 1 is 1.18 bits per heavy atom. The van der Waals surface area contributed by atoms with Crippen molar-refractivity contribution in [3.8, 4) is 0 Å². The molecule has 0 aliphatic heterocycles. The summed E-state index contributed by atoms with van der Waals surface area (Å²) in [5, 5.41) is 2.70. The van der Waals surface area contributed by atoms with Gasteiger partial charge in [0.2, 0.25) is 0 Å². The molecule has 0 fully saturated rings. The summed E-state index contributed by atoms with van der Waals surface area (Å²) in [7, 11) is 0. The second-order valence-corrected chi connectivity index (χ2v) is 3.73. The van der Waals surface area contributed by atoms with Crippen LogP contribution in [0.1, 0.15) is 5.56 Å². The summed E-state index contributed by atoms with van der Waals surface area (Å²) in [4.78, 5) is 0. The van der Waals surface area contributed by atoms with Gasteiger partial charge < -0.3 is 5.32 Å². The third-order valence-electron chi connectivity index (χ3n) is 2.35. The van der Waals surface area contributed by atoms with Crippen molar-refractivity contribution in [3.05, 3.63) is 66.0 Å². The van der Waals surface area contributed by atoms with E-state index in [1.54, 1.807) is 36.4 Å². The number of anilines is 1. The minimum Gasteiger partial charge on any atom is -0.356 e. The summed E-state index contributed by atoms with van der Waals surface area (Å²) in [5.41, 5.74) is 1.32. The standard InChI is InChI=1S/C14H12F2N/c15-12-6-4-5-11(9-12)10-14(16)17-13-7-2-1-3-8-13/h2-9,14,17H,10H2. The molecule has 0 aromatic heterocycles. The predicted molar refractivity (Wildman–Crippen MR) is 63.9 cm³/mol. The van der Waals surface area contributed by atoms with Crippen LogP contribution in [0.25, 0.3) is 0 Å². The molecule has 1 nitrogen and oxygen atoms in total. The highest BCUT2D eigenvalue weighted by Crippen LogP contribution is 2.12. The number of hydrogen-bond donors (Lipinski definition) is 1. The zero-order chi connectivity index (χ0) is 12.1. The lowest BCUT2D eigenvalue weighted by atomic mass is 10.1. The van der Waals surface area contributed by atoms with E-state index in [2.05, 4.69) is 11.4 Å². The molecule has 1 unspecified atom stereocenters. The first-order chi connectivity index (χ1) is 8.24. The maximum Gasteiger partial charge on any atom is 0.174 e. The summed E-state index contributed by atoms with van der Waals surface area (Å²) >= 11 is 0. The second-order valence-electron chi connectivity index (χ2n) is 3.73. The molecule has 1 atom stereocenters. The Labute approximate surface area is 99.1 Å². The summed E-state index contributed by atoms with van der Waals surface area (Å²) < 4.78 is 26.6. The normalized spacial score (nSPS) is 12.1. The van der Waals surface area contributed by atoms with Gasteiger partial charge in [0.1, 0.15) is 5.82 Å². The van der Waals surface area contributed by atoms with Crippen molar-refractivity contribution < 1.29 is 8.78 Å². The van der Waals surface area contributed by atoms with Crippen LogP contribution in [0, 0.1) is 11.9 Å². The summed E-state index contributed by atoms with van der Waals surface area (Å²) in [6.07, 6.45) is -1.10. The number of halogens is 2. The van der Waals surface area contributed by atoms with Crippen LogP contribution >= 0.6 is 0 Å². The van der Waals surface area contributed by atoms with Gasteiger partial charge in [0.15, 0.2) is 6.30 Å². The average molecular weight is 232 g/mol. The molecule has 2 aromatic rings. The molecule has 0 bridgehead atoms. The molecule has 0 saturated heterocycles. The lowest BCUT2D eigenvalue weighted by molar-refractivity contribution is 0.371. The van der Waals surface area contributed by atoms with Crippen LogP contribution in [0.15, 0.2) is 48.5 Å². The van der Waals surface area contributed by atoms with Crippen molar-refractivity contribution >= 4 is 5.69 Å². The van der Waals surface area contributed by atoms with E-state index in [1.165, 1.54) is 12.1 Å². The van der Waals surface area contributed by atoms with Crippen LogP contribution in [0.2, 0.25) is 0 Å². The quantitative estimate of drug-likeness (QED) is 0.794. The number of benzene rings is 2. The van der Waals surface area contributed by atoms with Gasteiger partial charge in [0.05, 0.1) is 0 Å². The number of rotatable bonds is 4. The molecule has 0 aliphatic rings. The van der Waals surface area contributed by atoms with Crippen molar-refractivity contribution in [2.24, 2.45) is 0 Å². The van der Waals surface area contributed by atoms with Crippen LogP contribution in [0.3, 0.4) is 0 Å². The summed E-state index contributed by atoms with van der Waals surface area (Å²) in [6.45, 7) is 0. The van der Waals surface area contributed by atoms with Crippen LogP contribution < -0.4 is 5.32 Å². The Kier molecular flexibility index (Phi) is 3.70. The zero-order valence-electron chi connectivity index (χ0n) is 9.16. The van der Waals surface area contributed by atoms with E-state index in [1.807, 2.05) is 0 Å². The van der Waals surface area contributed by atoms with Crippen LogP contribution in [0.5, 0.6) is 0 Å². The Morgan fingerprint density at radius 3 is 2.65 bits per heavy atom. The molecule has 1 radical (unpaired) electrons. The number of nitrogens with one attached hydrogen (secondary N) is 1. The monoisotopic (exact) mass is 232 g/mol. The summed E-state index contributed by atoms with van der Waals surface area (Å²) in [5.74, 6) is -0.344. The topological polar surface area (TPSA) is 12.0 Å². The molecule has 0 heterocycles. The Balaban J connectivity index is 1.96. The zero-order valence-corrected chi connectivity index (χ0v) is 9.16. The minimum absolute atomic E-state index is 0.135. The van der Waals surface area contributed by atoms with Gasteiger partial charge >= 0.3 is 0 Å². The van der Waals surface area contributed by atoms with Gasteiger partial charge in [-0.1, -0.05) is 24.3 Å². The third kappa shape index (κ3) is 3.55. The lowest BCUT2D eigenvalue weighted by Crippen LogP contribution is -2.16. The van der Waals surface area contributed by atoms with Crippen LogP contribution in [-0.2, 0) is 6.42 Å². The van der Waals surface area contributed by atoms with E-state index >= 15 is 0 Å². The smallest absolute Gasteiger partial charge is 0.174 e. The van der Waals surface area contributed by atoms with E-state index in [4.69, 9.17) is 0 Å². The number of hydrogen-bond acceptors (Lipinski definition) is 1. The largest absolute Gasteiger partial charge is 0.356 e. The lowest BCUT2D eigenvalue weighted by Gasteiger charge is -2.11. The molecule has 17 heavy (non-hydrogen) atoms. The van der Waals surface area contributed by atoms with Gasteiger partial charge in [-0.3, -0.25) is 0 Å². The van der Waals surface area contributed by atoms with E-state index < -0.39 is 6.30 Å². The molecular weight excluding hydrogens is 220 g/mol. The van der Waals surface area contributed by atoms with Gasteiger partial charge in [0, 0.05) is 12.1 Å². The average Bonchev–Trinajstić information content (AvgIpc) is 2.30. The molecule has 87 valence electrons. The predicted octanol–water partition coefficient (Wildman–Crippen LogP) is 3.58. The van der Waals surface area contributed by atoms with Crippen LogP contribution in [-0.4, -0.2) is 6.30 Å². The maximum atomic E-state index is 13.7. The highest BCUT2D eigenvalue weighted by atomic mass is 19.1. The molecule has 0 spiro atoms. The molecule has 1 N–H and O–H groups in total. The molecule has 0 saturated carbocycles. The highest BCUT2D eigenvalue weighted by molar-refractivity contribution is 5.42. The summed E-state index contributed by atoms with van der Waals surface area (Å²) in [6, 6.07) is 15.7. The fraction of sp³-hybridized carbons (Fsp3) is 0.143. The van der Waals surface area contributed by atoms with E-state index in [9.17, 15) is 8.78 Å². The first kappa shape index (κ1) is 11.6. The molecule has 2 rings (SSSR count). The fourth-order valence-corrected chi connectivity index (χ4v) is 1.59. The second kappa shape index (κ2) is 5.43. The van der Waals surface area contributed by atoms with E-state index in [0.717, 1.165) is 0 Å². The van der Waals surface area contributed by atoms with Gasteiger partial charge in [-0.2, -0.15) is 0 Å². The van der Waals surface area contributed by atoms with Gasteiger partial charge in [-0.25, -0.2) is 8.78 Å². The fourth-order valence-electron chi connectivity index (χ4n) is 1.59. The van der Waals surface area contributed by atoms with Crippen molar-refractivity contribution in [2.45, 2.75) is 12.7 Å². The van der Waals surface area contributed by atoms with Crippen LogP contribution in [0.4, 0.5) is 14.5 Å². The van der Waals surface area contributed by atoms with E-state index in [0.29, 0.717) is 11.3 Å². The first-order valence-electron chi connectivity index (χ1n) is 5.35. The Bertz CT molecular complexity index is 471. The third-order valence-corrected chi connectivity index (χ3v) is 2.35. The van der Waals surface area contributed by atoms with Crippen molar-refractivity contribution in [1.82, 2.24) is 0 Å². The van der Waals surface area contributed by atoms with Crippen molar-refractivity contribution in [3.63, 3.8) is 0 Å². The van der Waals surface area contributed by atoms with Crippen molar-refractivity contribution in [2.75, 3.05) is 5.32 Å². The SMILES string of the molecule is Fc1cccc(CC(F)Nc2cc[c]cc2)c1. The van der Waals surface area contributed by atoms with Crippen molar-refractivity contribution in [1.29, 1.82) is 0 Å².